The number of benzene rings is 3. The topological polar surface area (TPSA) is 76.7 Å². The zero-order valence-corrected chi connectivity index (χ0v) is 27.4. The van der Waals surface area contributed by atoms with Crippen molar-refractivity contribution in [1.29, 1.82) is 0 Å². The minimum Gasteiger partial charge on any atom is -0.458 e. The largest absolute Gasteiger partial charge is 0.458 e. The SMILES string of the molecule is CC(C)(C)OC(=O)C(CCCCNC(=S)CCc1ccc(I)cc1)NC(=O)OCC1c2ccccc2-c2ccccc21. The van der Waals surface area contributed by atoms with Gasteiger partial charge in [-0.25, -0.2) is 9.59 Å². The molecular weight excluding hydrogens is 659 g/mol. The van der Waals surface area contributed by atoms with Gasteiger partial charge in [-0.2, -0.15) is 0 Å². The fraction of sp³-hybridized carbons (Fsp3) is 0.382. The molecule has 0 spiro atoms. The fourth-order valence-electron chi connectivity index (χ4n) is 5.10. The second-order valence-electron chi connectivity index (χ2n) is 11.5. The Morgan fingerprint density at radius 1 is 0.929 bits per heavy atom. The predicted molar refractivity (Wildman–Crippen MR) is 180 cm³/mol. The average Bonchev–Trinajstić information content (AvgIpc) is 3.27. The summed E-state index contributed by atoms with van der Waals surface area (Å²) in [6.07, 6.45) is 3.02. The van der Waals surface area contributed by atoms with Gasteiger partial charge in [0.15, 0.2) is 0 Å². The number of fused-ring (bicyclic) bond motifs is 3. The molecule has 3 aromatic rings. The van der Waals surface area contributed by atoms with E-state index in [2.05, 4.69) is 81.8 Å². The third kappa shape index (κ3) is 9.26. The lowest BCUT2D eigenvalue weighted by Crippen LogP contribution is -2.44. The maximum atomic E-state index is 13.0. The van der Waals surface area contributed by atoms with Crippen molar-refractivity contribution in [1.82, 2.24) is 10.6 Å². The standard InChI is InChI=1S/C34H39IN2O4S/c1-34(2,3)41-32(38)30(14-8-9-21-36-31(42)20-17-23-15-18-24(35)19-16-23)37-33(39)40-22-29-27-12-6-4-10-25(27)26-11-5-7-13-28(26)29/h4-7,10-13,15-16,18-19,29-30H,8-9,14,17,20-22H2,1-3H3,(H,36,42)(H,37,39). The van der Waals surface area contributed by atoms with Crippen LogP contribution >= 0.6 is 34.8 Å². The quantitative estimate of drug-likeness (QED) is 0.0881. The zero-order chi connectivity index (χ0) is 30.1. The van der Waals surface area contributed by atoms with Gasteiger partial charge in [0.05, 0.1) is 4.99 Å². The molecule has 3 aromatic carbocycles. The van der Waals surface area contributed by atoms with Crippen LogP contribution in [0.15, 0.2) is 72.8 Å². The number of esters is 1. The lowest BCUT2D eigenvalue weighted by Gasteiger charge is -2.25. The van der Waals surface area contributed by atoms with Crippen molar-refractivity contribution in [2.75, 3.05) is 13.2 Å². The summed E-state index contributed by atoms with van der Waals surface area (Å²) in [7, 11) is 0. The van der Waals surface area contributed by atoms with E-state index >= 15 is 0 Å². The van der Waals surface area contributed by atoms with Crippen LogP contribution in [0, 0.1) is 3.57 Å². The third-order valence-corrected chi connectivity index (χ3v) is 8.19. The molecule has 0 saturated heterocycles. The minimum absolute atomic E-state index is 0.0521. The van der Waals surface area contributed by atoms with Gasteiger partial charge in [0.2, 0.25) is 0 Å². The molecule has 222 valence electrons. The third-order valence-electron chi connectivity index (χ3n) is 7.12. The number of nitrogens with one attached hydrogen (secondary N) is 2. The molecule has 0 aromatic heterocycles. The molecule has 1 aliphatic rings. The Balaban J connectivity index is 1.25. The number of thiocarbonyl (C=S) groups is 1. The van der Waals surface area contributed by atoms with Gasteiger partial charge in [-0.05, 0) is 109 Å². The Morgan fingerprint density at radius 3 is 2.17 bits per heavy atom. The monoisotopic (exact) mass is 698 g/mol. The summed E-state index contributed by atoms with van der Waals surface area (Å²) in [5, 5.41) is 6.09. The number of carbonyl (C=O) groups is 2. The lowest BCUT2D eigenvalue weighted by atomic mass is 9.98. The van der Waals surface area contributed by atoms with Gasteiger partial charge in [-0.15, -0.1) is 0 Å². The van der Waals surface area contributed by atoms with Crippen LogP contribution in [0.1, 0.15) is 69.1 Å². The maximum absolute atomic E-state index is 13.0. The molecule has 0 fully saturated rings. The van der Waals surface area contributed by atoms with Crippen LogP contribution in [-0.2, 0) is 20.7 Å². The van der Waals surface area contributed by atoms with E-state index in [9.17, 15) is 9.59 Å². The molecule has 8 heteroatoms. The first-order chi connectivity index (χ1) is 20.1. The Bertz CT molecular complexity index is 1340. The molecule has 0 saturated carbocycles. The Hall–Kier alpha value is -2.98. The average molecular weight is 699 g/mol. The molecule has 2 N–H and O–H groups in total. The molecule has 0 radical (unpaired) electrons. The van der Waals surface area contributed by atoms with Crippen LogP contribution in [-0.4, -0.2) is 41.8 Å². The van der Waals surface area contributed by atoms with Gasteiger partial charge in [0.1, 0.15) is 18.2 Å². The van der Waals surface area contributed by atoms with Crippen molar-refractivity contribution >= 4 is 51.9 Å². The summed E-state index contributed by atoms with van der Waals surface area (Å²) in [5.74, 6) is -0.513. The van der Waals surface area contributed by atoms with Crippen molar-refractivity contribution in [3.8, 4) is 11.1 Å². The number of hydrogen-bond acceptors (Lipinski definition) is 5. The van der Waals surface area contributed by atoms with E-state index in [-0.39, 0.29) is 12.5 Å². The lowest BCUT2D eigenvalue weighted by molar-refractivity contribution is -0.157. The summed E-state index contributed by atoms with van der Waals surface area (Å²) >= 11 is 7.80. The van der Waals surface area contributed by atoms with Crippen molar-refractivity contribution in [2.24, 2.45) is 0 Å². The molecule has 1 amide bonds. The number of halogens is 1. The summed E-state index contributed by atoms with van der Waals surface area (Å²) < 4.78 is 12.5. The molecule has 0 bridgehead atoms. The normalized spacial score (nSPS) is 13.0. The van der Waals surface area contributed by atoms with Gasteiger partial charge >= 0.3 is 12.1 Å². The first kappa shape index (κ1) is 31.9. The molecular formula is C34H39IN2O4S. The molecule has 42 heavy (non-hydrogen) atoms. The highest BCUT2D eigenvalue weighted by atomic mass is 127. The first-order valence-electron chi connectivity index (χ1n) is 14.5. The smallest absolute Gasteiger partial charge is 0.407 e. The van der Waals surface area contributed by atoms with Crippen molar-refractivity contribution in [2.45, 2.75) is 70.4 Å². The van der Waals surface area contributed by atoms with E-state index in [1.165, 1.54) is 9.13 Å². The van der Waals surface area contributed by atoms with Crippen LogP contribution in [0.3, 0.4) is 0 Å². The van der Waals surface area contributed by atoms with Crippen LogP contribution in [0.5, 0.6) is 0 Å². The molecule has 0 heterocycles. The highest BCUT2D eigenvalue weighted by Gasteiger charge is 2.30. The minimum atomic E-state index is -0.798. The first-order valence-corrected chi connectivity index (χ1v) is 15.9. The van der Waals surface area contributed by atoms with Crippen LogP contribution in [0.2, 0.25) is 0 Å². The number of hydrogen-bond donors (Lipinski definition) is 2. The second kappa shape index (κ2) is 15.0. The molecule has 4 rings (SSSR count). The number of aryl methyl sites for hydroxylation is 1. The summed E-state index contributed by atoms with van der Waals surface area (Å²) in [5.41, 5.74) is 5.20. The summed E-state index contributed by atoms with van der Waals surface area (Å²) in [4.78, 5) is 26.7. The van der Waals surface area contributed by atoms with Gasteiger partial charge in [0.25, 0.3) is 0 Å². The van der Waals surface area contributed by atoms with Gasteiger partial charge in [-0.1, -0.05) is 72.9 Å². The van der Waals surface area contributed by atoms with Gasteiger partial charge in [-0.3, -0.25) is 0 Å². The number of ether oxygens (including phenoxy) is 2. The maximum Gasteiger partial charge on any atom is 0.407 e. The van der Waals surface area contributed by atoms with Crippen molar-refractivity contribution in [3.63, 3.8) is 0 Å². The molecule has 1 atom stereocenters. The molecule has 0 aliphatic heterocycles. The fourth-order valence-corrected chi connectivity index (χ4v) is 5.67. The summed E-state index contributed by atoms with van der Waals surface area (Å²) in [6, 6.07) is 24.0. The van der Waals surface area contributed by atoms with E-state index in [0.717, 1.165) is 46.5 Å². The van der Waals surface area contributed by atoms with Gasteiger partial charge < -0.3 is 20.1 Å². The van der Waals surface area contributed by atoms with Crippen molar-refractivity contribution in [3.05, 3.63) is 93.1 Å². The number of amides is 1. The summed E-state index contributed by atoms with van der Waals surface area (Å²) in [6.45, 7) is 6.34. The molecule has 6 nitrogen and oxygen atoms in total. The molecule has 1 aliphatic carbocycles. The van der Waals surface area contributed by atoms with E-state index in [1.807, 2.05) is 45.0 Å². The Kier molecular flexibility index (Phi) is 11.4. The zero-order valence-electron chi connectivity index (χ0n) is 24.5. The van der Waals surface area contributed by atoms with Crippen LogP contribution in [0.4, 0.5) is 4.79 Å². The highest BCUT2D eigenvalue weighted by molar-refractivity contribution is 14.1. The number of unbranched alkanes of at least 4 members (excludes halogenated alkanes) is 1. The molecule has 1 unspecified atom stereocenters. The Morgan fingerprint density at radius 2 is 1.55 bits per heavy atom. The highest BCUT2D eigenvalue weighted by Crippen LogP contribution is 2.44. The Labute approximate surface area is 268 Å². The van der Waals surface area contributed by atoms with E-state index in [0.29, 0.717) is 19.4 Å². The van der Waals surface area contributed by atoms with E-state index in [1.54, 1.807) is 0 Å². The van der Waals surface area contributed by atoms with Gasteiger partial charge in [0, 0.05) is 22.5 Å². The second-order valence-corrected chi connectivity index (χ2v) is 13.3. The van der Waals surface area contributed by atoms with E-state index in [4.69, 9.17) is 21.7 Å². The predicted octanol–water partition coefficient (Wildman–Crippen LogP) is 7.56. The van der Waals surface area contributed by atoms with E-state index < -0.39 is 23.7 Å². The van der Waals surface area contributed by atoms with Crippen LogP contribution < -0.4 is 10.6 Å². The number of carbonyl (C=O) groups excluding carboxylic acids is 2. The number of rotatable bonds is 12. The van der Waals surface area contributed by atoms with Crippen molar-refractivity contribution < 1.29 is 19.1 Å². The number of alkyl carbamates (subject to hydrolysis) is 1. The van der Waals surface area contributed by atoms with Crippen LogP contribution in [0.25, 0.3) is 11.1 Å².